The van der Waals surface area contributed by atoms with Crippen LogP contribution in [-0.4, -0.2) is 33.3 Å². The van der Waals surface area contributed by atoms with Gasteiger partial charge in [0.1, 0.15) is 0 Å². The highest BCUT2D eigenvalue weighted by Crippen LogP contribution is 2.30. The summed E-state index contributed by atoms with van der Waals surface area (Å²) < 4.78 is 26.8. The van der Waals surface area contributed by atoms with Crippen LogP contribution in [0, 0.1) is 11.8 Å². The molecule has 2 fully saturated rings. The lowest BCUT2D eigenvalue weighted by Gasteiger charge is -2.24. The average Bonchev–Trinajstić information content (AvgIpc) is 2.73. The highest BCUT2D eigenvalue weighted by atomic mass is 32.2. The van der Waals surface area contributed by atoms with E-state index in [9.17, 15) is 8.42 Å². The summed E-state index contributed by atoms with van der Waals surface area (Å²) in [5.41, 5.74) is 0. The largest absolute Gasteiger partial charge is 0.313 e. The minimum absolute atomic E-state index is 0.150. The van der Waals surface area contributed by atoms with E-state index in [1.807, 2.05) is 0 Å². The van der Waals surface area contributed by atoms with Crippen molar-refractivity contribution in [3.8, 4) is 0 Å². The Labute approximate surface area is 111 Å². The molecule has 0 aromatic carbocycles. The number of hydrogen-bond acceptors (Lipinski definition) is 3. The third-order valence-corrected chi connectivity index (χ3v) is 5.89. The van der Waals surface area contributed by atoms with E-state index in [-0.39, 0.29) is 11.8 Å². The quantitative estimate of drug-likeness (QED) is 0.798. The standard InChI is InChI=1S/C13H26N2O2S/c1-11-5-4-6-12(11)9-15-18(16,17)10-13-7-2-3-8-14-13/h11-15H,2-10H2,1H3. The van der Waals surface area contributed by atoms with Gasteiger partial charge < -0.3 is 5.32 Å². The Morgan fingerprint density at radius 3 is 2.61 bits per heavy atom. The second kappa shape index (κ2) is 6.35. The molecule has 1 aliphatic carbocycles. The Balaban J connectivity index is 1.76. The van der Waals surface area contributed by atoms with Crippen molar-refractivity contribution in [2.45, 2.75) is 51.5 Å². The van der Waals surface area contributed by atoms with Gasteiger partial charge in [0.05, 0.1) is 5.75 Å². The molecule has 0 spiro atoms. The first kappa shape index (κ1) is 14.3. The van der Waals surface area contributed by atoms with Crippen LogP contribution >= 0.6 is 0 Å². The van der Waals surface area contributed by atoms with E-state index >= 15 is 0 Å². The third-order valence-electron chi connectivity index (χ3n) is 4.44. The van der Waals surface area contributed by atoms with Crippen molar-refractivity contribution in [1.29, 1.82) is 0 Å². The van der Waals surface area contributed by atoms with Gasteiger partial charge in [0.15, 0.2) is 0 Å². The first-order valence-corrected chi connectivity index (χ1v) is 8.93. The van der Waals surface area contributed by atoms with Gasteiger partial charge in [-0.1, -0.05) is 26.2 Å². The van der Waals surface area contributed by atoms with Crippen LogP contribution in [0.4, 0.5) is 0 Å². The molecule has 1 saturated heterocycles. The van der Waals surface area contributed by atoms with Crippen molar-refractivity contribution in [3.05, 3.63) is 0 Å². The predicted molar refractivity (Wildman–Crippen MR) is 73.9 cm³/mol. The molecular formula is C13H26N2O2S. The van der Waals surface area contributed by atoms with Crippen molar-refractivity contribution in [2.24, 2.45) is 11.8 Å². The molecule has 2 aliphatic rings. The van der Waals surface area contributed by atoms with Crippen molar-refractivity contribution in [1.82, 2.24) is 10.0 Å². The molecule has 106 valence electrons. The molecule has 2 N–H and O–H groups in total. The summed E-state index contributed by atoms with van der Waals surface area (Å²) >= 11 is 0. The maximum absolute atomic E-state index is 12.0. The number of nitrogens with one attached hydrogen (secondary N) is 2. The molecule has 3 atom stereocenters. The minimum Gasteiger partial charge on any atom is -0.313 e. The van der Waals surface area contributed by atoms with E-state index in [1.165, 1.54) is 25.7 Å². The number of rotatable bonds is 5. The number of sulfonamides is 1. The summed E-state index contributed by atoms with van der Waals surface area (Å²) in [6.45, 7) is 3.82. The highest BCUT2D eigenvalue weighted by Gasteiger charge is 2.26. The number of hydrogen-bond donors (Lipinski definition) is 2. The Morgan fingerprint density at radius 1 is 1.17 bits per heavy atom. The van der Waals surface area contributed by atoms with Crippen molar-refractivity contribution >= 4 is 10.0 Å². The van der Waals surface area contributed by atoms with E-state index in [1.54, 1.807) is 0 Å². The van der Waals surface area contributed by atoms with Gasteiger partial charge in [-0.05, 0) is 37.6 Å². The highest BCUT2D eigenvalue weighted by molar-refractivity contribution is 7.89. The first-order valence-electron chi connectivity index (χ1n) is 7.27. The van der Waals surface area contributed by atoms with Gasteiger partial charge in [-0.3, -0.25) is 0 Å². The maximum atomic E-state index is 12.0. The summed E-state index contributed by atoms with van der Waals surface area (Å²) in [4.78, 5) is 0. The third kappa shape index (κ3) is 4.21. The molecular weight excluding hydrogens is 248 g/mol. The smallest absolute Gasteiger partial charge is 0.213 e. The van der Waals surface area contributed by atoms with Crippen LogP contribution in [0.2, 0.25) is 0 Å². The lowest BCUT2D eigenvalue weighted by atomic mass is 9.99. The Hall–Kier alpha value is -0.130. The maximum Gasteiger partial charge on any atom is 0.213 e. The number of piperidine rings is 1. The van der Waals surface area contributed by atoms with Gasteiger partial charge in [-0.15, -0.1) is 0 Å². The summed E-state index contributed by atoms with van der Waals surface area (Å²) in [6, 6.07) is 0.150. The molecule has 0 amide bonds. The van der Waals surface area contributed by atoms with E-state index in [0.717, 1.165) is 19.4 Å². The Bertz CT molecular complexity index is 350. The van der Waals surface area contributed by atoms with Gasteiger partial charge in [-0.25, -0.2) is 13.1 Å². The summed E-state index contributed by atoms with van der Waals surface area (Å²) in [7, 11) is -3.10. The molecule has 1 saturated carbocycles. The Kier molecular flexibility index (Phi) is 5.04. The van der Waals surface area contributed by atoms with Gasteiger partial charge >= 0.3 is 0 Å². The molecule has 0 aromatic rings. The van der Waals surface area contributed by atoms with E-state index < -0.39 is 10.0 Å². The SMILES string of the molecule is CC1CCCC1CNS(=O)(=O)CC1CCCCN1. The Morgan fingerprint density at radius 2 is 2.00 bits per heavy atom. The summed E-state index contributed by atoms with van der Waals surface area (Å²) in [6.07, 6.45) is 6.97. The van der Waals surface area contributed by atoms with Gasteiger partial charge in [0.25, 0.3) is 0 Å². The van der Waals surface area contributed by atoms with Crippen LogP contribution in [0.25, 0.3) is 0 Å². The minimum atomic E-state index is -3.10. The van der Waals surface area contributed by atoms with Gasteiger partial charge in [-0.2, -0.15) is 0 Å². The van der Waals surface area contributed by atoms with Gasteiger partial charge in [0, 0.05) is 12.6 Å². The molecule has 3 unspecified atom stereocenters. The second-order valence-corrected chi connectivity index (χ2v) is 7.80. The molecule has 1 heterocycles. The molecule has 0 aromatic heterocycles. The zero-order valence-electron chi connectivity index (χ0n) is 11.3. The second-order valence-electron chi connectivity index (χ2n) is 5.94. The lowest BCUT2D eigenvalue weighted by Crippen LogP contribution is -2.43. The van der Waals surface area contributed by atoms with Crippen LogP contribution in [0.3, 0.4) is 0 Å². The zero-order chi connectivity index (χ0) is 13.0. The van der Waals surface area contributed by atoms with Crippen molar-refractivity contribution in [3.63, 3.8) is 0 Å². The summed E-state index contributed by atoms with van der Waals surface area (Å²) in [5, 5.41) is 3.29. The van der Waals surface area contributed by atoms with E-state index in [2.05, 4.69) is 17.0 Å². The summed E-state index contributed by atoms with van der Waals surface area (Å²) in [5.74, 6) is 1.45. The fourth-order valence-corrected chi connectivity index (χ4v) is 4.55. The fourth-order valence-electron chi connectivity index (χ4n) is 3.15. The molecule has 18 heavy (non-hydrogen) atoms. The molecule has 4 nitrogen and oxygen atoms in total. The molecule has 5 heteroatoms. The van der Waals surface area contributed by atoms with Crippen molar-refractivity contribution < 1.29 is 8.42 Å². The van der Waals surface area contributed by atoms with E-state index in [0.29, 0.717) is 18.4 Å². The van der Waals surface area contributed by atoms with Crippen LogP contribution in [0.15, 0.2) is 0 Å². The molecule has 0 bridgehead atoms. The molecule has 1 aliphatic heterocycles. The van der Waals surface area contributed by atoms with Crippen molar-refractivity contribution in [2.75, 3.05) is 18.8 Å². The van der Waals surface area contributed by atoms with Crippen LogP contribution in [0.1, 0.15) is 45.4 Å². The van der Waals surface area contributed by atoms with Gasteiger partial charge in [0.2, 0.25) is 10.0 Å². The van der Waals surface area contributed by atoms with Crippen LogP contribution in [-0.2, 0) is 10.0 Å². The normalized spacial score (nSPS) is 33.7. The van der Waals surface area contributed by atoms with Crippen LogP contribution in [0.5, 0.6) is 0 Å². The fraction of sp³-hybridized carbons (Fsp3) is 1.00. The average molecular weight is 274 g/mol. The van der Waals surface area contributed by atoms with Crippen LogP contribution < -0.4 is 10.0 Å². The molecule has 0 radical (unpaired) electrons. The lowest BCUT2D eigenvalue weighted by molar-refractivity contribution is 0.406. The first-order chi connectivity index (χ1) is 8.57. The topological polar surface area (TPSA) is 58.2 Å². The monoisotopic (exact) mass is 274 g/mol. The van der Waals surface area contributed by atoms with E-state index in [4.69, 9.17) is 0 Å². The predicted octanol–water partition coefficient (Wildman–Crippen LogP) is 1.48. The molecule has 2 rings (SSSR count). The zero-order valence-corrected chi connectivity index (χ0v) is 12.1.